The molecule has 1 amide bonds. The Hall–Kier alpha value is -0.668. The number of carbonyl (C=O) groups excluding carboxylic acids is 3. The van der Waals surface area contributed by atoms with Gasteiger partial charge in [0.1, 0.15) is 0 Å². The molecule has 1 aliphatic heterocycles. The van der Waals surface area contributed by atoms with Crippen LogP contribution in [-0.2, 0) is 19.8 Å². The molecular formula is C16H27NO5Pb. The first-order valence-electron chi connectivity index (χ1n) is 8.58. The van der Waals surface area contributed by atoms with Gasteiger partial charge in [0.25, 0.3) is 0 Å². The maximum atomic E-state index is 11.8. The van der Waals surface area contributed by atoms with Gasteiger partial charge in [-0.1, -0.05) is 26.2 Å². The molecule has 1 aliphatic rings. The molecule has 7 heteroatoms. The molecule has 0 saturated carbocycles. The minimum absolute atomic E-state index is 0.116. The van der Waals surface area contributed by atoms with Crippen molar-refractivity contribution >= 4 is 43.0 Å². The van der Waals surface area contributed by atoms with E-state index in [4.69, 9.17) is 5.37 Å². The fraction of sp³-hybridized carbons (Fsp3) is 0.812. The van der Waals surface area contributed by atoms with Crippen LogP contribution in [0.2, 0.25) is 0 Å². The van der Waals surface area contributed by atoms with E-state index in [1.165, 1.54) is 38.5 Å². The molecule has 1 rings (SSSR count). The average molecular weight is 521 g/mol. The Morgan fingerprint density at radius 3 is 2.30 bits per heavy atom. The second-order valence-corrected chi connectivity index (χ2v) is 8.12. The summed E-state index contributed by atoms with van der Waals surface area (Å²) in [5.41, 5.74) is 0. The summed E-state index contributed by atoms with van der Waals surface area (Å²) in [6.07, 6.45) is 11.0. The van der Waals surface area contributed by atoms with E-state index in [0.717, 1.165) is 19.3 Å². The molecule has 6 nitrogen and oxygen atoms in total. The monoisotopic (exact) mass is 521 g/mol. The van der Waals surface area contributed by atoms with E-state index in [1.807, 2.05) is 0 Å². The molecule has 1 fully saturated rings. The molecule has 0 aromatic carbocycles. The number of nitrogens with one attached hydrogen (secondary N) is 1. The Kier molecular flexibility index (Phi) is 11.3. The third-order valence-corrected chi connectivity index (χ3v) is 6.11. The van der Waals surface area contributed by atoms with Crippen molar-refractivity contribution in [2.75, 3.05) is 0 Å². The van der Waals surface area contributed by atoms with Gasteiger partial charge in [0.2, 0.25) is 0 Å². The maximum absolute atomic E-state index is 11.8. The molecule has 0 unspecified atom stereocenters. The van der Waals surface area contributed by atoms with Crippen molar-refractivity contribution in [3.8, 4) is 0 Å². The number of carbonyl (C=O) groups is 3. The van der Waals surface area contributed by atoms with Crippen LogP contribution in [0.1, 0.15) is 77.6 Å². The Morgan fingerprint density at radius 1 is 1.04 bits per heavy atom. The standard InChI is InChI=1S/C16H29NO5.Pb/c1-2-3-4-5-6-7-8-9-10-11-14(18)17-13(16(21)22)12-15(19)20;/h13H,2-12H2,1H3,(H,17,18)(H,19,20)(H,21,22);/q;+2/p-2/t13-;/m1./s1. The molecule has 0 spiro atoms. The van der Waals surface area contributed by atoms with Gasteiger partial charge >= 0.3 is 125 Å². The molecule has 2 radical (unpaired) electrons. The van der Waals surface area contributed by atoms with Gasteiger partial charge in [-0.15, -0.1) is 0 Å². The molecule has 0 bridgehead atoms. The fourth-order valence-electron chi connectivity index (χ4n) is 2.44. The van der Waals surface area contributed by atoms with Gasteiger partial charge in [-0.3, -0.25) is 0 Å². The van der Waals surface area contributed by atoms with Crippen molar-refractivity contribution in [2.24, 2.45) is 0 Å². The number of amides is 1. The second kappa shape index (κ2) is 12.7. The Balaban J connectivity index is 2.05. The van der Waals surface area contributed by atoms with Gasteiger partial charge in [0, 0.05) is 0 Å². The number of rotatable bonds is 11. The zero-order chi connectivity index (χ0) is 16.9. The molecular weight excluding hydrogens is 493 g/mol. The summed E-state index contributed by atoms with van der Waals surface area (Å²) >= 11 is -2.05. The van der Waals surface area contributed by atoms with Crippen LogP contribution < -0.4 is 5.32 Å². The fourth-order valence-corrected chi connectivity index (χ4v) is 4.16. The topological polar surface area (TPSA) is 81.7 Å². The van der Waals surface area contributed by atoms with Crippen LogP contribution in [0.4, 0.5) is 0 Å². The molecule has 1 heterocycles. The van der Waals surface area contributed by atoms with Gasteiger partial charge in [-0.05, 0) is 0 Å². The summed E-state index contributed by atoms with van der Waals surface area (Å²) in [7, 11) is 0. The van der Waals surface area contributed by atoms with Crippen LogP contribution in [0.15, 0.2) is 0 Å². The van der Waals surface area contributed by atoms with E-state index < -0.39 is 43.1 Å². The second-order valence-electron chi connectivity index (χ2n) is 5.88. The molecule has 130 valence electrons. The van der Waals surface area contributed by atoms with Crippen LogP contribution in [0.5, 0.6) is 0 Å². The Bertz CT molecular complexity index is 389. The van der Waals surface area contributed by atoms with Crippen LogP contribution >= 0.6 is 0 Å². The predicted octanol–water partition coefficient (Wildman–Crippen LogP) is 2.42. The van der Waals surface area contributed by atoms with E-state index >= 15 is 0 Å². The van der Waals surface area contributed by atoms with Gasteiger partial charge in [-0.2, -0.15) is 0 Å². The van der Waals surface area contributed by atoms with E-state index in [-0.39, 0.29) is 12.3 Å². The summed E-state index contributed by atoms with van der Waals surface area (Å²) in [6.45, 7) is 2.21. The summed E-state index contributed by atoms with van der Waals surface area (Å²) in [4.78, 5) is 34.7. The quantitative estimate of drug-likeness (QED) is 0.334. The van der Waals surface area contributed by atoms with E-state index in [1.54, 1.807) is 0 Å². The van der Waals surface area contributed by atoms with Crippen molar-refractivity contribution in [1.82, 2.24) is 5.32 Å². The third-order valence-electron chi connectivity index (χ3n) is 3.80. The number of hydrogen-bond acceptors (Lipinski definition) is 5. The first kappa shape index (κ1) is 20.4. The Labute approximate surface area is 151 Å². The number of hydrogen-bond donors (Lipinski definition) is 1. The molecule has 0 aromatic heterocycles. The van der Waals surface area contributed by atoms with E-state index in [0.29, 0.717) is 6.42 Å². The molecule has 1 N–H and O–H groups in total. The van der Waals surface area contributed by atoms with Crippen molar-refractivity contribution in [3.05, 3.63) is 0 Å². The number of unbranched alkanes of at least 4 members (excludes halogenated alkanes) is 8. The molecule has 0 aliphatic carbocycles. The zero-order valence-electron chi connectivity index (χ0n) is 13.9. The third kappa shape index (κ3) is 9.93. The normalized spacial score (nSPS) is 18.0. The summed E-state index contributed by atoms with van der Waals surface area (Å²) in [5.74, 6) is -1.18. The van der Waals surface area contributed by atoms with Gasteiger partial charge in [0.05, 0.1) is 0 Å². The van der Waals surface area contributed by atoms with Gasteiger partial charge < -0.3 is 0 Å². The molecule has 1 atom stereocenters. The molecule has 0 aromatic rings. The van der Waals surface area contributed by atoms with Crippen molar-refractivity contribution in [3.63, 3.8) is 0 Å². The van der Waals surface area contributed by atoms with Crippen LogP contribution in [-0.4, -0.2) is 49.0 Å². The summed E-state index contributed by atoms with van der Waals surface area (Å²) in [6, 6.07) is -0.872. The van der Waals surface area contributed by atoms with E-state index in [9.17, 15) is 14.4 Å². The average Bonchev–Trinajstić information content (AvgIpc) is 2.67. The molecule has 1 saturated heterocycles. The van der Waals surface area contributed by atoms with Crippen LogP contribution in [0, 0.1) is 0 Å². The Morgan fingerprint density at radius 2 is 1.65 bits per heavy atom. The van der Waals surface area contributed by atoms with E-state index in [2.05, 4.69) is 12.2 Å². The van der Waals surface area contributed by atoms with Crippen molar-refractivity contribution in [2.45, 2.75) is 83.6 Å². The predicted molar refractivity (Wildman–Crippen MR) is 86.3 cm³/mol. The zero-order valence-corrected chi connectivity index (χ0v) is 17.8. The van der Waals surface area contributed by atoms with Crippen LogP contribution in [0.3, 0.4) is 0 Å². The molecule has 23 heavy (non-hydrogen) atoms. The minimum atomic E-state index is -2.05. The summed E-state index contributed by atoms with van der Waals surface area (Å²) in [5, 5.41) is 2.58. The van der Waals surface area contributed by atoms with Gasteiger partial charge in [-0.25, -0.2) is 0 Å². The van der Waals surface area contributed by atoms with Crippen LogP contribution in [0.25, 0.3) is 0 Å². The first-order chi connectivity index (χ1) is 11.1. The first-order valence-corrected chi connectivity index (χ1v) is 11.8. The summed E-state index contributed by atoms with van der Waals surface area (Å²) < 4.78 is 9.69. The van der Waals surface area contributed by atoms with Crippen molar-refractivity contribution < 1.29 is 19.8 Å². The van der Waals surface area contributed by atoms with Gasteiger partial charge in [0.15, 0.2) is 0 Å². The SMILES string of the molecule is CCCCCCCCCCCC(=O)N[C@@H]1CC(=O)[O][Pb][O]C1=O. The van der Waals surface area contributed by atoms with Crippen molar-refractivity contribution in [1.29, 1.82) is 0 Å².